The van der Waals surface area contributed by atoms with Crippen LogP contribution in [0.2, 0.25) is 10.0 Å². The minimum absolute atomic E-state index is 0.0388. The van der Waals surface area contributed by atoms with Gasteiger partial charge in [0.05, 0.1) is 12.5 Å². The Morgan fingerprint density at radius 2 is 1.79 bits per heavy atom. The molecule has 5 rings (SSSR count). The molecule has 0 spiro atoms. The minimum atomic E-state index is -0.594. The lowest BCUT2D eigenvalue weighted by molar-refractivity contribution is -0.128. The molecule has 1 unspecified atom stereocenters. The number of nitrogens with two attached hydrogens (primary N) is 1. The molecule has 216 valence electrons. The Balaban J connectivity index is 1.40. The predicted molar refractivity (Wildman–Crippen MR) is 165 cm³/mol. The van der Waals surface area contributed by atoms with Crippen molar-refractivity contribution in [3.63, 3.8) is 0 Å². The molecule has 0 aliphatic carbocycles. The molecular weight excluding hydrogens is 587 g/mol. The highest BCUT2D eigenvalue weighted by Crippen LogP contribution is 2.45. The molecule has 0 fully saturated rings. The number of carbonyl (C=O) groups excluding carboxylic acids is 1. The first-order valence-electron chi connectivity index (χ1n) is 13.4. The SMILES string of the molecule is CCOc1cc(C2C(C#N)=C(N)Oc3cc(OC(=O)/C=C/c4ccccc4Cl)ccc32)ccc1OCc1ccc(Cl)cc1. The van der Waals surface area contributed by atoms with Gasteiger partial charge in [-0.15, -0.1) is 0 Å². The first kappa shape index (κ1) is 29.6. The average molecular weight is 613 g/mol. The summed E-state index contributed by atoms with van der Waals surface area (Å²) in [4.78, 5) is 12.5. The first-order valence-corrected chi connectivity index (χ1v) is 14.1. The van der Waals surface area contributed by atoms with Gasteiger partial charge in [-0.2, -0.15) is 5.26 Å². The highest BCUT2D eigenvalue weighted by molar-refractivity contribution is 6.32. The Kier molecular flexibility index (Phi) is 9.21. The molecule has 4 aromatic rings. The molecular formula is C34H26Cl2N2O5. The maximum Gasteiger partial charge on any atom is 0.336 e. The zero-order valence-corrected chi connectivity index (χ0v) is 24.6. The number of ether oxygens (including phenoxy) is 4. The van der Waals surface area contributed by atoms with Crippen LogP contribution in [0.5, 0.6) is 23.0 Å². The Labute approximate surface area is 259 Å². The summed E-state index contributed by atoms with van der Waals surface area (Å²) in [7, 11) is 0. The number of allylic oxidation sites excluding steroid dienone is 1. The van der Waals surface area contributed by atoms with Crippen LogP contribution in [0.25, 0.3) is 6.08 Å². The van der Waals surface area contributed by atoms with Gasteiger partial charge in [-0.05, 0) is 66.1 Å². The third-order valence-corrected chi connectivity index (χ3v) is 7.22. The highest BCUT2D eigenvalue weighted by atomic mass is 35.5. The molecule has 1 heterocycles. The van der Waals surface area contributed by atoms with E-state index in [2.05, 4.69) is 6.07 Å². The van der Waals surface area contributed by atoms with Gasteiger partial charge >= 0.3 is 5.97 Å². The number of hydrogen-bond donors (Lipinski definition) is 1. The molecule has 4 aromatic carbocycles. The van der Waals surface area contributed by atoms with Crippen LogP contribution in [0.3, 0.4) is 0 Å². The Bertz CT molecular complexity index is 1760. The second-order valence-electron chi connectivity index (χ2n) is 9.45. The smallest absolute Gasteiger partial charge is 0.336 e. The van der Waals surface area contributed by atoms with Gasteiger partial charge in [-0.3, -0.25) is 0 Å². The average Bonchev–Trinajstić information content (AvgIpc) is 3.00. The zero-order valence-electron chi connectivity index (χ0n) is 23.1. The molecule has 0 saturated heterocycles. The summed E-state index contributed by atoms with van der Waals surface area (Å²) in [5, 5.41) is 11.2. The summed E-state index contributed by atoms with van der Waals surface area (Å²) in [6, 6.07) is 27.2. The number of halogens is 2. The predicted octanol–water partition coefficient (Wildman–Crippen LogP) is 7.81. The summed E-state index contributed by atoms with van der Waals surface area (Å²) in [6.45, 7) is 2.61. The minimum Gasteiger partial charge on any atom is -0.490 e. The fraction of sp³-hybridized carbons (Fsp3) is 0.118. The van der Waals surface area contributed by atoms with Crippen molar-refractivity contribution in [1.82, 2.24) is 0 Å². The van der Waals surface area contributed by atoms with E-state index in [4.69, 9.17) is 47.9 Å². The number of nitrogens with zero attached hydrogens (tertiary/aromatic N) is 1. The van der Waals surface area contributed by atoms with Crippen molar-refractivity contribution >= 4 is 35.2 Å². The molecule has 7 nitrogen and oxygen atoms in total. The van der Waals surface area contributed by atoms with Gasteiger partial charge in [0.2, 0.25) is 5.88 Å². The quantitative estimate of drug-likeness (QED) is 0.117. The Morgan fingerprint density at radius 1 is 1.00 bits per heavy atom. The molecule has 1 aliphatic rings. The summed E-state index contributed by atoms with van der Waals surface area (Å²) in [5.41, 5.74) is 9.51. The molecule has 1 atom stereocenters. The number of carbonyl (C=O) groups is 1. The van der Waals surface area contributed by atoms with E-state index in [1.165, 1.54) is 6.08 Å². The van der Waals surface area contributed by atoms with E-state index in [0.717, 1.165) is 11.1 Å². The number of rotatable bonds is 9. The highest BCUT2D eigenvalue weighted by Gasteiger charge is 2.32. The van der Waals surface area contributed by atoms with E-state index in [0.29, 0.717) is 51.6 Å². The number of benzene rings is 4. The van der Waals surface area contributed by atoms with E-state index in [1.54, 1.807) is 60.7 Å². The number of hydrogen-bond acceptors (Lipinski definition) is 7. The van der Waals surface area contributed by atoms with Crippen LogP contribution in [0, 0.1) is 11.3 Å². The van der Waals surface area contributed by atoms with E-state index in [1.807, 2.05) is 37.3 Å². The van der Waals surface area contributed by atoms with Crippen molar-refractivity contribution in [2.24, 2.45) is 5.73 Å². The molecule has 0 amide bonds. The fourth-order valence-electron chi connectivity index (χ4n) is 4.59. The monoisotopic (exact) mass is 612 g/mol. The molecule has 0 aromatic heterocycles. The molecule has 43 heavy (non-hydrogen) atoms. The Hall–Kier alpha value is -4.90. The van der Waals surface area contributed by atoms with Crippen LogP contribution in [-0.4, -0.2) is 12.6 Å². The lowest BCUT2D eigenvalue weighted by Gasteiger charge is -2.27. The van der Waals surface area contributed by atoms with E-state index >= 15 is 0 Å². The third-order valence-electron chi connectivity index (χ3n) is 6.62. The van der Waals surface area contributed by atoms with Gasteiger partial charge in [-0.25, -0.2) is 4.79 Å². The molecule has 0 bridgehead atoms. The van der Waals surface area contributed by atoms with Crippen molar-refractivity contribution in [2.45, 2.75) is 19.4 Å². The van der Waals surface area contributed by atoms with Gasteiger partial charge in [0.25, 0.3) is 0 Å². The van der Waals surface area contributed by atoms with Crippen LogP contribution < -0.4 is 24.7 Å². The van der Waals surface area contributed by atoms with Gasteiger partial charge in [0, 0.05) is 27.8 Å². The maximum atomic E-state index is 12.5. The van der Waals surface area contributed by atoms with Crippen molar-refractivity contribution < 1.29 is 23.7 Å². The van der Waals surface area contributed by atoms with Crippen molar-refractivity contribution in [3.05, 3.63) is 135 Å². The molecule has 1 aliphatic heterocycles. The molecule has 9 heteroatoms. The summed E-state index contributed by atoms with van der Waals surface area (Å²) in [5.74, 6) is 0.503. The molecule has 0 radical (unpaired) electrons. The summed E-state index contributed by atoms with van der Waals surface area (Å²) >= 11 is 12.1. The van der Waals surface area contributed by atoms with Crippen LogP contribution in [0.1, 0.15) is 35.1 Å². The third kappa shape index (κ3) is 6.95. The molecule has 0 saturated carbocycles. The Morgan fingerprint density at radius 3 is 2.53 bits per heavy atom. The second kappa shape index (κ2) is 13.4. The molecule has 2 N–H and O–H groups in total. The maximum absolute atomic E-state index is 12.5. The van der Waals surface area contributed by atoms with Gasteiger partial charge in [0.15, 0.2) is 11.5 Å². The summed E-state index contributed by atoms with van der Waals surface area (Å²) in [6.07, 6.45) is 2.87. The number of fused-ring (bicyclic) bond motifs is 1. The van der Waals surface area contributed by atoms with E-state index < -0.39 is 11.9 Å². The topological polar surface area (TPSA) is 104 Å². The lowest BCUT2D eigenvalue weighted by Crippen LogP contribution is -2.21. The fourth-order valence-corrected chi connectivity index (χ4v) is 4.92. The standard InChI is InChI=1S/C34H26Cl2N2O5/c1-2-40-31-17-23(9-15-29(31)41-20-21-7-11-24(35)12-8-21)33-26-14-13-25(18-30(26)43-34(38)27(33)19-37)42-32(39)16-10-22-5-3-4-6-28(22)36/h3-18,33H,2,20,38H2,1H3/b16-10+. The van der Waals surface area contributed by atoms with E-state index in [9.17, 15) is 10.1 Å². The normalized spacial score (nSPS) is 14.0. The van der Waals surface area contributed by atoms with Gasteiger partial charge in [0.1, 0.15) is 29.7 Å². The van der Waals surface area contributed by atoms with Crippen molar-refractivity contribution in [3.8, 4) is 29.1 Å². The van der Waals surface area contributed by atoms with Crippen molar-refractivity contribution in [2.75, 3.05) is 6.61 Å². The zero-order chi connectivity index (χ0) is 30.3. The van der Waals surface area contributed by atoms with Crippen molar-refractivity contribution in [1.29, 1.82) is 5.26 Å². The van der Waals surface area contributed by atoms with Gasteiger partial charge < -0.3 is 24.7 Å². The van der Waals surface area contributed by atoms with Crippen LogP contribution >= 0.6 is 23.2 Å². The largest absolute Gasteiger partial charge is 0.490 e. The van der Waals surface area contributed by atoms with E-state index in [-0.39, 0.29) is 17.2 Å². The van der Waals surface area contributed by atoms with Crippen LogP contribution in [0.4, 0.5) is 0 Å². The van der Waals surface area contributed by atoms with Gasteiger partial charge in [-0.1, -0.05) is 65.7 Å². The van der Waals surface area contributed by atoms with Crippen LogP contribution in [0.15, 0.2) is 102 Å². The van der Waals surface area contributed by atoms with Crippen LogP contribution in [-0.2, 0) is 11.4 Å². The summed E-state index contributed by atoms with van der Waals surface area (Å²) < 4.78 is 23.2. The second-order valence-corrected chi connectivity index (χ2v) is 10.3. The first-order chi connectivity index (χ1) is 20.9. The number of nitriles is 1. The number of esters is 1. The lowest BCUT2D eigenvalue weighted by atomic mass is 9.83.